The maximum Gasteiger partial charge on any atom is 0.123 e. The number of halogens is 1. The summed E-state index contributed by atoms with van der Waals surface area (Å²) < 4.78 is 13.4. The van der Waals surface area contributed by atoms with Crippen LogP contribution >= 0.6 is 0 Å². The lowest BCUT2D eigenvalue weighted by Crippen LogP contribution is -2.36. The van der Waals surface area contributed by atoms with Gasteiger partial charge in [-0.15, -0.1) is 0 Å². The summed E-state index contributed by atoms with van der Waals surface area (Å²) in [5.41, 5.74) is 2.48. The number of likely N-dealkylation sites (tertiary alicyclic amines) is 1. The van der Waals surface area contributed by atoms with Crippen LogP contribution in [0, 0.1) is 11.7 Å². The van der Waals surface area contributed by atoms with Gasteiger partial charge in [-0.2, -0.15) is 0 Å². The molecule has 1 aliphatic heterocycles. The van der Waals surface area contributed by atoms with Crippen LogP contribution in [0.15, 0.2) is 54.6 Å². The predicted octanol–water partition coefficient (Wildman–Crippen LogP) is 4.34. The van der Waals surface area contributed by atoms with E-state index in [2.05, 4.69) is 29.2 Å². The Labute approximate surface area is 149 Å². The molecule has 0 amide bonds. The zero-order valence-electron chi connectivity index (χ0n) is 14.5. The summed E-state index contributed by atoms with van der Waals surface area (Å²) in [4.78, 5) is 2.54. The van der Waals surface area contributed by atoms with Crippen LogP contribution in [0.1, 0.15) is 42.7 Å². The molecule has 2 aliphatic rings. The van der Waals surface area contributed by atoms with Crippen molar-refractivity contribution in [2.45, 2.75) is 50.3 Å². The molecule has 2 nitrogen and oxygen atoms in total. The minimum atomic E-state index is -0.261. The third kappa shape index (κ3) is 3.49. The lowest BCUT2D eigenvalue weighted by atomic mass is 9.81. The molecule has 0 radical (unpaired) electrons. The van der Waals surface area contributed by atoms with E-state index in [4.69, 9.17) is 0 Å². The summed E-state index contributed by atoms with van der Waals surface area (Å²) in [6, 6.07) is 17.9. The van der Waals surface area contributed by atoms with E-state index >= 15 is 0 Å². The van der Waals surface area contributed by atoms with Crippen molar-refractivity contribution >= 4 is 0 Å². The van der Waals surface area contributed by atoms with Gasteiger partial charge in [-0.1, -0.05) is 55.3 Å². The second-order valence-electron chi connectivity index (χ2n) is 7.57. The largest absolute Gasteiger partial charge is 0.393 e. The van der Waals surface area contributed by atoms with Gasteiger partial charge < -0.3 is 5.11 Å². The van der Waals surface area contributed by atoms with Crippen LogP contribution < -0.4 is 0 Å². The molecular formula is C22H26FNO. The summed E-state index contributed by atoms with van der Waals surface area (Å²) in [5.74, 6) is 0.333. The van der Waals surface area contributed by atoms with Gasteiger partial charge in [0.05, 0.1) is 6.10 Å². The maximum atomic E-state index is 13.4. The van der Waals surface area contributed by atoms with Crippen molar-refractivity contribution < 1.29 is 9.50 Å². The highest BCUT2D eigenvalue weighted by Crippen LogP contribution is 2.44. The standard InChI is InChI=1S/C22H26FNO/c23-18-12-10-17(11-13-18)19-15-24(14-16-6-2-1-3-7-16)20-8-4-5-9-21(25)22(19)20/h1-3,6-7,10-13,19-22,25H,4-5,8-9,14-15H2/t19-,20+,21+,22-/m1/s1. The van der Waals surface area contributed by atoms with Crippen molar-refractivity contribution in [1.29, 1.82) is 0 Å². The van der Waals surface area contributed by atoms with Gasteiger partial charge in [0.25, 0.3) is 0 Å². The van der Waals surface area contributed by atoms with Crippen LogP contribution in [-0.2, 0) is 6.54 Å². The second kappa shape index (κ2) is 7.27. The van der Waals surface area contributed by atoms with Gasteiger partial charge in [0.2, 0.25) is 0 Å². The van der Waals surface area contributed by atoms with Crippen LogP contribution in [0.4, 0.5) is 4.39 Å². The van der Waals surface area contributed by atoms with Gasteiger partial charge >= 0.3 is 0 Å². The molecule has 2 aromatic carbocycles. The quantitative estimate of drug-likeness (QED) is 0.899. The molecule has 0 bridgehead atoms. The van der Waals surface area contributed by atoms with Crippen LogP contribution in [0.25, 0.3) is 0 Å². The predicted molar refractivity (Wildman–Crippen MR) is 97.7 cm³/mol. The van der Waals surface area contributed by atoms with Gasteiger partial charge in [0.1, 0.15) is 5.82 Å². The third-order valence-corrected chi connectivity index (χ3v) is 6.03. The van der Waals surface area contributed by atoms with E-state index < -0.39 is 0 Å². The van der Waals surface area contributed by atoms with E-state index in [-0.39, 0.29) is 23.8 Å². The van der Waals surface area contributed by atoms with E-state index in [1.54, 1.807) is 12.1 Å². The molecule has 1 saturated heterocycles. The number of hydrogen-bond donors (Lipinski definition) is 1. The fourth-order valence-corrected chi connectivity index (χ4v) is 4.86. The van der Waals surface area contributed by atoms with Crippen LogP contribution in [-0.4, -0.2) is 28.7 Å². The lowest BCUT2D eigenvalue weighted by Gasteiger charge is -2.29. The molecule has 0 spiro atoms. The van der Waals surface area contributed by atoms with E-state index in [0.29, 0.717) is 6.04 Å². The first-order chi connectivity index (χ1) is 12.2. The average Bonchev–Trinajstić information content (AvgIpc) is 2.86. The highest BCUT2D eigenvalue weighted by molar-refractivity contribution is 5.25. The van der Waals surface area contributed by atoms with Crippen molar-refractivity contribution in [1.82, 2.24) is 4.90 Å². The summed E-state index contributed by atoms with van der Waals surface area (Å²) in [6.45, 7) is 1.86. The van der Waals surface area contributed by atoms with Crippen molar-refractivity contribution in [3.8, 4) is 0 Å². The Morgan fingerprint density at radius 3 is 2.44 bits per heavy atom. The maximum absolute atomic E-state index is 13.4. The number of aliphatic hydroxyl groups is 1. The van der Waals surface area contributed by atoms with Crippen LogP contribution in [0.2, 0.25) is 0 Å². The summed E-state index contributed by atoms with van der Waals surface area (Å²) in [7, 11) is 0. The van der Waals surface area contributed by atoms with E-state index in [0.717, 1.165) is 37.9 Å². The summed E-state index contributed by atoms with van der Waals surface area (Å²) in [5, 5.41) is 10.8. The van der Waals surface area contributed by atoms with Crippen molar-refractivity contribution in [3.63, 3.8) is 0 Å². The number of aliphatic hydroxyl groups excluding tert-OH is 1. The molecule has 132 valence electrons. The third-order valence-electron chi connectivity index (χ3n) is 6.03. The normalized spacial score (nSPS) is 30.0. The topological polar surface area (TPSA) is 23.5 Å². The van der Waals surface area contributed by atoms with E-state index in [1.807, 2.05) is 18.2 Å². The molecule has 1 N–H and O–H groups in total. The number of benzene rings is 2. The minimum absolute atomic E-state index is 0.194. The fourth-order valence-electron chi connectivity index (χ4n) is 4.86. The zero-order chi connectivity index (χ0) is 17.2. The second-order valence-corrected chi connectivity index (χ2v) is 7.57. The molecule has 2 aromatic rings. The Hall–Kier alpha value is -1.71. The number of rotatable bonds is 3. The number of fused-ring (bicyclic) bond motifs is 1. The fraction of sp³-hybridized carbons (Fsp3) is 0.455. The van der Waals surface area contributed by atoms with Gasteiger partial charge in [0.15, 0.2) is 0 Å². The van der Waals surface area contributed by atoms with Gasteiger partial charge in [-0.05, 0) is 36.1 Å². The van der Waals surface area contributed by atoms with E-state index in [9.17, 15) is 9.50 Å². The SMILES string of the molecule is O[C@H]1CCCC[C@H]2[C@H]1[C@@H](c1ccc(F)cc1)CN2Cc1ccccc1. The molecule has 0 aromatic heterocycles. The average molecular weight is 339 g/mol. The summed E-state index contributed by atoms with van der Waals surface area (Å²) in [6.07, 6.45) is 4.05. The number of nitrogens with zero attached hydrogens (tertiary/aromatic N) is 1. The molecule has 4 rings (SSSR count). The zero-order valence-corrected chi connectivity index (χ0v) is 14.5. The monoisotopic (exact) mass is 339 g/mol. The smallest absolute Gasteiger partial charge is 0.123 e. The lowest BCUT2D eigenvalue weighted by molar-refractivity contribution is 0.0754. The molecule has 1 aliphatic carbocycles. The molecule has 0 unspecified atom stereocenters. The minimum Gasteiger partial charge on any atom is -0.393 e. The Kier molecular flexibility index (Phi) is 4.87. The molecule has 3 heteroatoms. The molecule has 25 heavy (non-hydrogen) atoms. The van der Waals surface area contributed by atoms with Crippen LogP contribution in [0.3, 0.4) is 0 Å². The van der Waals surface area contributed by atoms with Crippen molar-refractivity contribution in [2.75, 3.05) is 6.54 Å². The first-order valence-corrected chi connectivity index (χ1v) is 9.44. The van der Waals surface area contributed by atoms with Gasteiger partial charge in [0, 0.05) is 31.0 Å². The van der Waals surface area contributed by atoms with Gasteiger partial charge in [-0.3, -0.25) is 4.90 Å². The molecule has 4 atom stereocenters. The molecule has 2 fully saturated rings. The number of hydrogen-bond acceptors (Lipinski definition) is 2. The first kappa shape index (κ1) is 16.7. The molecule has 1 heterocycles. The first-order valence-electron chi connectivity index (χ1n) is 9.44. The Bertz CT molecular complexity index is 687. The van der Waals surface area contributed by atoms with Crippen molar-refractivity contribution in [3.05, 3.63) is 71.5 Å². The Morgan fingerprint density at radius 2 is 1.68 bits per heavy atom. The highest BCUT2D eigenvalue weighted by Gasteiger charge is 2.46. The van der Waals surface area contributed by atoms with Gasteiger partial charge in [-0.25, -0.2) is 4.39 Å². The summed E-state index contributed by atoms with van der Waals surface area (Å²) >= 11 is 0. The Balaban J connectivity index is 1.63. The molecular weight excluding hydrogens is 313 g/mol. The highest BCUT2D eigenvalue weighted by atomic mass is 19.1. The molecule has 1 saturated carbocycles. The Morgan fingerprint density at radius 1 is 0.960 bits per heavy atom. The van der Waals surface area contributed by atoms with Crippen LogP contribution in [0.5, 0.6) is 0 Å². The van der Waals surface area contributed by atoms with E-state index in [1.165, 1.54) is 12.0 Å². The van der Waals surface area contributed by atoms with Crippen molar-refractivity contribution in [2.24, 2.45) is 5.92 Å².